The third kappa shape index (κ3) is 4.29. The number of aromatic nitrogens is 2. The summed E-state index contributed by atoms with van der Waals surface area (Å²) in [6.45, 7) is 6.09. The van der Waals surface area contributed by atoms with Crippen molar-refractivity contribution in [2.24, 2.45) is 5.92 Å². The van der Waals surface area contributed by atoms with E-state index >= 15 is 0 Å². The van der Waals surface area contributed by atoms with E-state index in [1.165, 1.54) is 33.6 Å². The maximum atomic E-state index is 12.8. The Morgan fingerprint density at radius 1 is 1.32 bits per heavy atom. The van der Waals surface area contributed by atoms with Crippen LogP contribution < -0.4 is 10.9 Å². The van der Waals surface area contributed by atoms with Gasteiger partial charge in [0.15, 0.2) is 0 Å². The quantitative estimate of drug-likeness (QED) is 0.562. The van der Waals surface area contributed by atoms with E-state index < -0.39 is 5.97 Å². The molecule has 0 saturated carbocycles. The lowest BCUT2D eigenvalue weighted by atomic mass is 9.88. The molecule has 31 heavy (non-hydrogen) atoms. The van der Waals surface area contributed by atoms with Gasteiger partial charge in [-0.1, -0.05) is 13.8 Å². The van der Waals surface area contributed by atoms with Gasteiger partial charge in [-0.3, -0.25) is 14.2 Å². The van der Waals surface area contributed by atoms with Crippen molar-refractivity contribution in [3.8, 4) is 0 Å². The number of hydrogen-bond donors (Lipinski definition) is 1. The fourth-order valence-corrected chi connectivity index (χ4v) is 6.22. The second-order valence-electron chi connectivity index (χ2n) is 7.79. The highest BCUT2D eigenvalue weighted by Gasteiger charge is 2.29. The lowest BCUT2D eigenvalue weighted by Crippen LogP contribution is -2.27. The molecule has 1 N–H and O–H groups in total. The van der Waals surface area contributed by atoms with Crippen molar-refractivity contribution >= 4 is 49.8 Å². The first-order chi connectivity index (χ1) is 14.9. The van der Waals surface area contributed by atoms with Crippen LogP contribution >= 0.6 is 22.7 Å². The molecule has 3 aromatic rings. The lowest BCUT2D eigenvalue weighted by Gasteiger charge is -2.18. The number of rotatable bonds is 6. The minimum atomic E-state index is -0.407. The van der Waals surface area contributed by atoms with Crippen LogP contribution in [0.15, 0.2) is 17.2 Å². The number of carbonyl (C=O) groups excluding carboxylic acids is 2. The minimum absolute atomic E-state index is 0.166. The number of ether oxygens (including phenoxy) is 1. The first-order valence-electron chi connectivity index (χ1n) is 10.5. The Hall–Kier alpha value is -2.52. The predicted molar refractivity (Wildman–Crippen MR) is 123 cm³/mol. The number of aryl methyl sites for hydroxylation is 1. The second-order valence-corrected chi connectivity index (χ2v) is 10.0. The van der Waals surface area contributed by atoms with Gasteiger partial charge in [-0.2, -0.15) is 0 Å². The van der Waals surface area contributed by atoms with E-state index in [1.54, 1.807) is 6.92 Å². The number of amides is 1. The van der Waals surface area contributed by atoms with Crippen molar-refractivity contribution < 1.29 is 14.3 Å². The molecule has 0 radical (unpaired) electrons. The molecule has 0 bridgehead atoms. The average Bonchev–Trinajstić information content (AvgIpc) is 3.31. The van der Waals surface area contributed by atoms with Gasteiger partial charge >= 0.3 is 5.97 Å². The first-order valence-corrected chi connectivity index (χ1v) is 12.1. The zero-order valence-electron chi connectivity index (χ0n) is 17.8. The number of fused-ring (bicyclic) bond motifs is 2. The average molecular weight is 460 g/mol. The lowest BCUT2D eigenvalue weighted by molar-refractivity contribution is -0.116. The molecule has 1 atom stereocenters. The molecule has 3 aromatic heterocycles. The highest BCUT2D eigenvalue weighted by atomic mass is 32.1. The molecule has 0 saturated heterocycles. The number of hydrogen-bond acceptors (Lipinski definition) is 7. The Morgan fingerprint density at radius 2 is 2.13 bits per heavy atom. The van der Waals surface area contributed by atoms with E-state index in [0.717, 1.165) is 41.0 Å². The molecule has 9 heteroatoms. The summed E-state index contributed by atoms with van der Waals surface area (Å²) >= 11 is 2.93. The van der Waals surface area contributed by atoms with Crippen LogP contribution in [0.3, 0.4) is 0 Å². The first kappa shape index (κ1) is 21.7. The molecule has 3 heterocycles. The van der Waals surface area contributed by atoms with Crippen LogP contribution in [0.2, 0.25) is 0 Å². The van der Waals surface area contributed by atoms with Gasteiger partial charge in [-0.25, -0.2) is 9.78 Å². The van der Waals surface area contributed by atoms with Gasteiger partial charge in [0, 0.05) is 9.75 Å². The smallest absolute Gasteiger partial charge is 0.341 e. The summed E-state index contributed by atoms with van der Waals surface area (Å²) in [5.41, 5.74) is 1.22. The van der Waals surface area contributed by atoms with Crippen LogP contribution in [0.1, 0.15) is 52.9 Å². The zero-order chi connectivity index (χ0) is 22.1. The van der Waals surface area contributed by atoms with Crippen molar-refractivity contribution in [1.29, 1.82) is 0 Å². The molecular formula is C22H25N3O4S2. The normalized spacial score (nSPS) is 15.6. The third-order valence-electron chi connectivity index (χ3n) is 5.48. The summed E-state index contributed by atoms with van der Waals surface area (Å²) < 4.78 is 6.56. The van der Waals surface area contributed by atoms with Gasteiger partial charge in [0.05, 0.1) is 23.9 Å². The summed E-state index contributed by atoms with van der Waals surface area (Å²) in [6.07, 6.45) is 4.94. The Bertz CT molecular complexity index is 1210. The monoisotopic (exact) mass is 459 g/mol. The van der Waals surface area contributed by atoms with E-state index in [1.807, 2.05) is 13.0 Å². The van der Waals surface area contributed by atoms with Crippen molar-refractivity contribution in [1.82, 2.24) is 9.55 Å². The fourth-order valence-electron chi connectivity index (χ4n) is 3.88. The summed E-state index contributed by atoms with van der Waals surface area (Å²) in [7, 11) is 0. The maximum Gasteiger partial charge on any atom is 0.341 e. The van der Waals surface area contributed by atoms with Crippen LogP contribution in [0.25, 0.3) is 10.2 Å². The van der Waals surface area contributed by atoms with Crippen molar-refractivity contribution in [3.63, 3.8) is 0 Å². The van der Waals surface area contributed by atoms with E-state index in [2.05, 4.69) is 17.2 Å². The highest BCUT2D eigenvalue weighted by molar-refractivity contribution is 7.18. The van der Waals surface area contributed by atoms with Gasteiger partial charge < -0.3 is 10.1 Å². The second kappa shape index (κ2) is 8.92. The number of esters is 1. The molecule has 1 amide bonds. The number of anilines is 1. The zero-order valence-corrected chi connectivity index (χ0v) is 19.5. The standard InChI is InChI=1S/C22H25N3O4S2/c1-4-13-9-15-19(30-13)23-11-25(21(15)27)10-17(26)24-20-18(22(28)29-5-2)14-7-6-12(3)8-16(14)31-20/h9,11-12H,4-8,10H2,1-3H3,(H,24,26)/t12-/m1/s1. The van der Waals surface area contributed by atoms with Gasteiger partial charge in [0.2, 0.25) is 5.91 Å². The number of nitrogens with one attached hydrogen (secondary N) is 1. The van der Waals surface area contributed by atoms with E-state index in [0.29, 0.717) is 26.7 Å². The predicted octanol–water partition coefficient (Wildman–Crippen LogP) is 4.02. The van der Waals surface area contributed by atoms with Crippen LogP contribution in [0.5, 0.6) is 0 Å². The summed E-state index contributed by atoms with van der Waals surface area (Å²) in [6, 6.07) is 1.84. The van der Waals surface area contributed by atoms with Crippen LogP contribution in [-0.2, 0) is 35.3 Å². The molecule has 0 fully saturated rings. The molecule has 0 spiro atoms. The van der Waals surface area contributed by atoms with Crippen LogP contribution in [0, 0.1) is 5.92 Å². The molecule has 0 aromatic carbocycles. The highest BCUT2D eigenvalue weighted by Crippen LogP contribution is 2.40. The number of carbonyl (C=O) groups is 2. The Morgan fingerprint density at radius 3 is 2.87 bits per heavy atom. The fraction of sp³-hybridized carbons (Fsp3) is 0.455. The molecule has 1 aliphatic rings. The molecule has 164 valence electrons. The van der Waals surface area contributed by atoms with Gasteiger partial charge in [0.25, 0.3) is 5.56 Å². The minimum Gasteiger partial charge on any atom is -0.462 e. The van der Waals surface area contributed by atoms with Gasteiger partial charge in [0.1, 0.15) is 16.4 Å². The number of nitrogens with zero attached hydrogens (tertiary/aromatic N) is 2. The molecular weight excluding hydrogens is 434 g/mol. The third-order valence-corrected chi connectivity index (χ3v) is 7.83. The molecule has 0 unspecified atom stereocenters. The van der Waals surface area contributed by atoms with Crippen molar-refractivity contribution in [2.75, 3.05) is 11.9 Å². The van der Waals surface area contributed by atoms with E-state index in [4.69, 9.17) is 4.74 Å². The molecule has 0 aliphatic heterocycles. The van der Waals surface area contributed by atoms with Gasteiger partial charge in [-0.05, 0) is 50.2 Å². The van der Waals surface area contributed by atoms with E-state index in [9.17, 15) is 14.4 Å². The summed E-state index contributed by atoms with van der Waals surface area (Å²) in [5.74, 6) is -0.235. The topological polar surface area (TPSA) is 90.3 Å². The van der Waals surface area contributed by atoms with Gasteiger partial charge in [-0.15, -0.1) is 22.7 Å². The summed E-state index contributed by atoms with van der Waals surface area (Å²) in [5, 5.41) is 3.90. The van der Waals surface area contributed by atoms with Crippen molar-refractivity contribution in [3.05, 3.63) is 43.6 Å². The molecule has 7 nitrogen and oxygen atoms in total. The van der Waals surface area contributed by atoms with Crippen LogP contribution in [0.4, 0.5) is 5.00 Å². The maximum absolute atomic E-state index is 12.8. The largest absolute Gasteiger partial charge is 0.462 e. The summed E-state index contributed by atoms with van der Waals surface area (Å²) in [4.78, 5) is 45.4. The molecule has 4 rings (SSSR count). The van der Waals surface area contributed by atoms with Crippen molar-refractivity contribution in [2.45, 2.75) is 53.0 Å². The Balaban J connectivity index is 1.60. The number of thiophene rings is 2. The van der Waals surface area contributed by atoms with E-state index in [-0.39, 0.29) is 24.6 Å². The van der Waals surface area contributed by atoms with Crippen LogP contribution in [-0.4, -0.2) is 28.0 Å². The Labute approximate surface area is 188 Å². The SMILES string of the molecule is CCOC(=O)c1c(NC(=O)Cn2cnc3sc(CC)cc3c2=O)sc2c1CC[C@@H](C)C2. The Kier molecular flexibility index (Phi) is 6.24. The molecule has 1 aliphatic carbocycles.